The van der Waals surface area contributed by atoms with E-state index in [1.54, 1.807) is 30.3 Å². The number of alkyl halides is 1. The van der Waals surface area contributed by atoms with Crippen LogP contribution in [0.5, 0.6) is 0 Å². The lowest BCUT2D eigenvalue weighted by Crippen LogP contribution is -2.49. The van der Waals surface area contributed by atoms with E-state index in [9.17, 15) is 9.59 Å². The molecule has 1 atom stereocenters. The maximum atomic E-state index is 12.4. The maximum Gasteiger partial charge on any atom is 0.263 e. The van der Waals surface area contributed by atoms with Crippen LogP contribution in [0.2, 0.25) is 0 Å². The Morgan fingerprint density at radius 3 is 2.21 bits per heavy atom. The van der Waals surface area contributed by atoms with E-state index < -0.39 is 5.00 Å². The number of benzene rings is 1. The Morgan fingerprint density at radius 1 is 1.11 bits per heavy atom. The van der Waals surface area contributed by atoms with Crippen LogP contribution in [0.1, 0.15) is 40.0 Å². The topological polar surface area (TPSA) is 37.4 Å². The van der Waals surface area contributed by atoms with Gasteiger partial charge >= 0.3 is 0 Å². The molecule has 0 saturated heterocycles. The van der Waals surface area contributed by atoms with Crippen LogP contribution < -0.4 is 0 Å². The van der Waals surface area contributed by atoms with Crippen LogP contribution in [-0.4, -0.2) is 21.7 Å². The van der Waals surface area contributed by atoms with E-state index in [0.29, 0.717) is 22.6 Å². The van der Waals surface area contributed by atoms with Crippen molar-refractivity contribution < 1.29 is 9.59 Å². The number of halogens is 2. The van der Waals surface area contributed by atoms with Gasteiger partial charge in [-0.3, -0.25) is 9.59 Å². The molecule has 3 rings (SSSR count). The van der Waals surface area contributed by atoms with Gasteiger partial charge in [-0.2, -0.15) is 0 Å². The number of rotatable bonds is 1. The molecule has 0 spiro atoms. The smallest absolute Gasteiger partial charge is 0.263 e. The monoisotopic (exact) mass is 295 g/mol. The summed E-state index contributed by atoms with van der Waals surface area (Å²) < 4.78 is 0. The van der Waals surface area contributed by atoms with Crippen molar-refractivity contribution in [2.24, 2.45) is 0 Å². The highest BCUT2D eigenvalue weighted by Crippen LogP contribution is 2.44. The van der Waals surface area contributed by atoms with Gasteiger partial charge in [0.2, 0.25) is 0 Å². The number of fused-ring (bicyclic) bond motifs is 1. The van der Waals surface area contributed by atoms with Gasteiger partial charge < -0.3 is 0 Å². The van der Waals surface area contributed by atoms with Crippen molar-refractivity contribution in [1.29, 1.82) is 0 Å². The SMILES string of the molecule is O=C1c2ccccc2C(=O)N1C1(Cl)CCCC=C1Cl. The summed E-state index contributed by atoms with van der Waals surface area (Å²) in [5, 5.41) is 0.356. The van der Waals surface area contributed by atoms with Crippen molar-refractivity contribution >= 4 is 35.0 Å². The number of carbonyl (C=O) groups is 2. The molecule has 1 heterocycles. The first-order chi connectivity index (χ1) is 9.05. The number of hydrogen-bond acceptors (Lipinski definition) is 2. The van der Waals surface area contributed by atoms with Crippen LogP contribution in [0.25, 0.3) is 0 Å². The molecule has 1 aliphatic carbocycles. The molecule has 0 fully saturated rings. The highest BCUT2D eigenvalue weighted by Gasteiger charge is 2.50. The minimum absolute atomic E-state index is 0.356. The number of imide groups is 1. The molecule has 2 amide bonds. The van der Waals surface area contributed by atoms with Crippen LogP contribution in [0.15, 0.2) is 35.4 Å². The first-order valence-electron chi connectivity index (χ1n) is 6.08. The number of nitrogens with zero attached hydrogens (tertiary/aromatic N) is 1. The largest absolute Gasteiger partial charge is 0.268 e. The molecule has 2 aliphatic rings. The number of allylic oxidation sites excluding steroid dienone is 1. The molecule has 0 aromatic heterocycles. The van der Waals surface area contributed by atoms with Gasteiger partial charge in [-0.1, -0.05) is 41.4 Å². The number of carbonyl (C=O) groups excluding carboxylic acids is 2. The fraction of sp³-hybridized carbons (Fsp3) is 0.286. The lowest BCUT2D eigenvalue weighted by Gasteiger charge is -2.36. The summed E-state index contributed by atoms with van der Waals surface area (Å²) in [6, 6.07) is 6.73. The van der Waals surface area contributed by atoms with Crippen LogP contribution in [-0.2, 0) is 0 Å². The number of amides is 2. The first kappa shape index (κ1) is 12.7. The normalized spacial score (nSPS) is 26.4. The Hall–Kier alpha value is -1.32. The van der Waals surface area contributed by atoms with Crippen molar-refractivity contribution in [2.75, 3.05) is 0 Å². The predicted molar refractivity (Wildman–Crippen MR) is 73.3 cm³/mol. The minimum Gasteiger partial charge on any atom is -0.268 e. The van der Waals surface area contributed by atoms with Gasteiger partial charge in [0, 0.05) is 0 Å². The van der Waals surface area contributed by atoms with E-state index in [0.717, 1.165) is 17.7 Å². The van der Waals surface area contributed by atoms with E-state index in [-0.39, 0.29) is 11.8 Å². The van der Waals surface area contributed by atoms with E-state index in [4.69, 9.17) is 23.2 Å². The number of hydrogen-bond donors (Lipinski definition) is 0. The van der Waals surface area contributed by atoms with E-state index in [1.165, 1.54) is 0 Å². The first-order valence-corrected chi connectivity index (χ1v) is 6.84. The van der Waals surface area contributed by atoms with Crippen LogP contribution in [0.4, 0.5) is 0 Å². The lowest BCUT2D eigenvalue weighted by atomic mass is 10.0. The van der Waals surface area contributed by atoms with Gasteiger partial charge in [0.25, 0.3) is 11.8 Å². The third-order valence-corrected chi connectivity index (χ3v) is 4.68. The van der Waals surface area contributed by atoms with Crippen molar-refractivity contribution in [3.05, 3.63) is 46.5 Å². The molecule has 0 bridgehead atoms. The molecule has 0 radical (unpaired) electrons. The van der Waals surface area contributed by atoms with Crippen molar-refractivity contribution in [3.8, 4) is 0 Å². The third kappa shape index (κ3) is 1.72. The van der Waals surface area contributed by atoms with E-state index in [1.807, 2.05) is 0 Å². The van der Waals surface area contributed by atoms with Crippen LogP contribution >= 0.6 is 23.2 Å². The Kier molecular flexibility index (Phi) is 2.91. The molecule has 0 N–H and O–H groups in total. The maximum absolute atomic E-state index is 12.4. The zero-order chi connectivity index (χ0) is 13.6. The Labute approximate surface area is 120 Å². The zero-order valence-corrected chi connectivity index (χ0v) is 11.5. The fourth-order valence-corrected chi connectivity index (χ4v) is 3.22. The summed E-state index contributed by atoms with van der Waals surface area (Å²) in [4.78, 5) is 24.6. The van der Waals surface area contributed by atoms with Crippen molar-refractivity contribution in [2.45, 2.75) is 24.3 Å². The van der Waals surface area contributed by atoms with Crippen LogP contribution in [0, 0.1) is 0 Å². The van der Waals surface area contributed by atoms with Gasteiger partial charge in [0.1, 0.15) is 0 Å². The highest BCUT2D eigenvalue weighted by atomic mass is 35.5. The molecular formula is C14H11Cl2NO2. The minimum atomic E-state index is -1.23. The molecule has 3 nitrogen and oxygen atoms in total. The van der Waals surface area contributed by atoms with Gasteiger partial charge in [0.15, 0.2) is 5.00 Å². The zero-order valence-electron chi connectivity index (χ0n) is 10.0. The summed E-state index contributed by atoms with van der Waals surface area (Å²) in [5.41, 5.74) is 0.783. The second-order valence-corrected chi connectivity index (χ2v) is 5.73. The molecule has 0 saturated carbocycles. The van der Waals surface area contributed by atoms with Gasteiger partial charge in [-0.05, 0) is 31.4 Å². The third-order valence-electron chi connectivity index (χ3n) is 3.55. The van der Waals surface area contributed by atoms with Crippen molar-refractivity contribution in [3.63, 3.8) is 0 Å². The molecule has 1 aliphatic heterocycles. The van der Waals surface area contributed by atoms with Crippen molar-refractivity contribution in [1.82, 2.24) is 4.90 Å². The quantitative estimate of drug-likeness (QED) is 0.452. The predicted octanol–water partition coefficient (Wildman–Crippen LogP) is 3.52. The van der Waals surface area contributed by atoms with Crippen LogP contribution in [0.3, 0.4) is 0 Å². The molecular weight excluding hydrogens is 285 g/mol. The summed E-state index contributed by atoms with van der Waals surface area (Å²) >= 11 is 12.7. The average Bonchev–Trinajstić information content (AvgIpc) is 2.67. The Morgan fingerprint density at radius 2 is 1.68 bits per heavy atom. The van der Waals surface area contributed by atoms with Gasteiger partial charge in [-0.15, -0.1) is 0 Å². The Bertz CT molecular complexity index is 576. The molecule has 98 valence electrons. The van der Waals surface area contributed by atoms with Gasteiger partial charge in [0.05, 0.1) is 16.2 Å². The fourth-order valence-electron chi connectivity index (χ4n) is 2.57. The average molecular weight is 296 g/mol. The summed E-state index contributed by atoms with van der Waals surface area (Å²) in [7, 11) is 0. The van der Waals surface area contributed by atoms with E-state index >= 15 is 0 Å². The lowest BCUT2D eigenvalue weighted by molar-refractivity contribution is 0.0566. The summed E-state index contributed by atoms with van der Waals surface area (Å²) in [6.45, 7) is 0. The molecule has 1 aromatic carbocycles. The second kappa shape index (κ2) is 4.36. The molecule has 1 unspecified atom stereocenters. The highest BCUT2D eigenvalue weighted by molar-refractivity contribution is 6.42. The summed E-state index contributed by atoms with van der Waals surface area (Å²) in [5.74, 6) is -0.742. The molecule has 5 heteroatoms. The van der Waals surface area contributed by atoms with Gasteiger partial charge in [-0.25, -0.2) is 4.90 Å². The standard InChI is InChI=1S/C14H11Cl2NO2/c15-11-7-3-4-8-14(11,16)17-12(18)9-5-1-2-6-10(9)13(17)19/h1-2,5-7H,3-4,8H2. The van der Waals surface area contributed by atoms with E-state index in [2.05, 4.69) is 0 Å². The summed E-state index contributed by atoms with van der Waals surface area (Å²) in [6.07, 6.45) is 3.88. The molecule has 1 aromatic rings. The Balaban J connectivity index is 2.10. The molecule has 19 heavy (non-hydrogen) atoms. The second-order valence-electron chi connectivity index (χ2n) is 4.69.